The maximum atomic E-state index is 12.0. The predicted octanol–water partition coefficient (Wildman–Crippen LogP) is 3.16. The standard InChI is InChI=1S/C18H15Cl2NO5/c1-25-13-5-2-11(3-6-13)16(22)10-26-17(23)9-21-18(24)14-7-4-12(19)8-15(14)20/h2-8H,9-10H2,1H3,(H,21,24). The molecule has 8 heteroatoms. The van der Waals surface area contributed by atoms with Gasteiger partial charge in [0.1, 0.15) is 12.3 Å². The summed E-state index contributed by atoms with van der Waals surface area (Å²) in [4.78, 5) is 35.6. The zero-order valence-corrected chi connectivity index (χ0v) is 15.3. The molecule has 0 spiro atoms. The largest absolute Gasteiger partial charge is 0.497 e. The number of nitrogens with one attached hydrogen (secondary N) is 1. The van der Waals surface area contributed by atoms with E-state index in [0.717, 1.165) is 0 Å². The molecule has 6 nitrogen and oxygen atoms in total. The lowest BCUT2D eigenvalue weighted by Crippen LogP contribution is -2.31. The number of halogens is 2. The number of carbonyl (C=O) groups excluding carboxylic acids is 3. The van der Waals surface area contributed by atoms with Crippen LogP contribution < -0.4 is 10.1 Å². The second-order valence-corrected chi connectivity index (χ2v) is 5.96. The normalized spacial score (nSPS) is 10.1. The van der Waals surface area contributed by atoms with Crippen molar-refractivity contribution in [3.8, 4) is 5.75 Å². The Morgan fingerprint density at radius 3 is 2.35 bits per heavy atom. The lowest BCUT2D eigenvalue weighted by Gasteiger charge is -2.08. The fraction of sp³-hybridized carbons (Fsp3) is 0.167. The molecule has 0 radical (unpaired) electrons. The van der Waals surface area contributed by atoms with Crippen molar-refractivity contribution in [3.63, 3.8) is 0 Å². The molecule has 0 heterocycles. The van der Waals surface area contributed by atoms with Crippen LogP contribution in [0.3, 0.4) is 0 Å². The Labute approximate surface area is 160 Å². The van der Waals surface area contributed by atoms with Gasteiger partial charge in [0, 0.05) is 10.6 Å². The van der Waals surface area contributed by atoms with Crippen molar-refractivity contribution in [2.75, 3.05) is 20.3 Å². The van der Waals surface area contributed by atoms with Gasteiger partial charge in [-0.3, -0.25) is 14.4 Å². The molecule has 0 aliphatic heterocycles. The molecular formula is C18H15Cl2NO5. The summed E-state index contributed by atoms with van der Waals surface area (Å²) in [7, 11) is 1.52. The number of benzene rings is 2. The van der Waals surface area contributed by atoms with Crippen molar-refractivity contribution in [3.05, 3.63) is 63.6 Å². The highest BCUT2D eigenvalue weighted by molar-refractivity contribution is 6.36. The van der Waals surface area contributed by atoms with E-state index in [4.69, 9.17) is 32.7 Å². The van der Waals surface area contributed by atoms with Gasteiger partial charge in [-0.2, -0.15) is 0 Å². The number of esters is 1. The summed E-state index contributed by atoms with van der Waals surface area (Å²) < 4.78 is 9.86. The molecule has 0 aliphatic rings. The number of ketones is 1. The Hall–Kier alpha value is -2.57. The topological polar surface area (TPSA) is 81.7 Å². The second kappa shape index (κ2) is 9.22. The molecule has 0 aliphatic carbocycles. The smallest absolute Gasteiger partial charge is 0.325 e. The summed E-state index contributed by atoms with van der Waals surface area (Å²) in [6.45, 7) is -0.823. The Bertz CT molecular complexity index is 821. The third kappa shape index (κ3) is 5.47. The van der Waals surface area contributed by atoms with E-state index in [-0.39, 0.29) is 16.4 Å². The molecule has 2 aromatic rings. The van der Waals surface area contributed by atoms with Crippen LogP contribution in [0.4, 0.5) is 0 Å². The zero-order valence-electron chi connectivity index (χ0n) is 13.8. The quantitative estimate of drug-likeness (QED) is 0.575. The summed E-state index contributed by atoms with van der Waals surface area (Å²) in [6.07, 6.45) is 0. The minimum atomic E-state index is -0.745. The Balaban J connectivity index is 1.81. The van der Waals surface area contributed by atoms with Crippen LogP contribution in [0.25, 0.3) is 0 Å². The van der Waals surface area contributed by atoms with E-state index in [1.54, 1.807) is 24.3 Å². The van der Waals surface area contributed by atoms with Gasteiger partial charge in [0.25, 0.3) is 5.91 Å². The third-order valence-corrected chi connectivity index (χ3v) is 3.89. The molecule has 0 atom stereocenters. The Morgan fingerprint density at radius 1 is 1.04 bits per heavy atom. The van der Waals surface area contributed by atoms with E-state index in [0.29, 0.717) is 16.3 Å². The van der Waals surface area contributed by atoms with Crippen LogP contribution in [0.5, 0.6) is 5.75 Å². The molecule has 1 amide bonds. The van der Waals surface area contributed by atoms with Crippen LogP contribution in [0, 0.1) is 0 Å². The average Bonchev–Trinajstić information content (AvgIpc) is 2.64. The highest BCUT2D eigenvalue weighted by Gasteiger charge is 2.14. The van der Waals surface area contributed by atoms with Gasteiger partial charge in [-0.05, 0) is 42.5 Å². The van der Waals surface area contributed by atoms with Crippen molar-refractivity contribution < 1.29 is 23.9 Å². The van der Waals surface area contributed by atoms with Gasteiger partial charge in [-0.25, -0.2) is 0 Å². The Morgan fingerprint density at radius 2 is 1.73 bits per heavy atom. The van der Waals surface area contributed by atoms with Gasteiger partial charge in [0.05, 0.1) is 17.7 Å². The molecule has 2 rings (SSSR count). The first kappa shape index (κ1) is 19.8. The van der Waals surface area contributed by atoms with Gasteiger partial charge >= 0.3 is 5.97 Å². The number of carbonyl (C=O) groups is 3. The van der Waals surface area contributed by atoms with Crippen molar-refractivity contribution >= 4 is 40.9 Å². The first-order valence-corrected chi connectivity index (χ1v) is 8.22. The van der Waals surface area contributed by atoms with Crippen molar-refractivity contribution in [1.29, 1.82) is 0 Å². The molecule has 0 aromatic heterocycles. The van der Waals surface area contributed by atoms with Crippen LogP contribution in [0.15, 0.2) is 42.5 Å². The van der Waals surface area contributed by atoms with Crippen LogP contribution in [-0.4, -0.2) is 37.9 Å². The molecule has 136 valence electrons. The number of ether oxygens (including phenoxy) is 2. The molecule has 0 bridgehead atoms. The van der Waals surface area contributed by atoms with E-state index in [1.807, 2.05) is 0 Å². The number of Topliss-reactive ketones (excluding diaryl/α,β-unsaturated/α-hetero) is 1. The number of rotatable bonds is 7. The number of amides is 1. The maximum Gasteiger partial charge on any atom is 0.325 e. The molecule has 0 fully saturated rings. The van der Waals surface area contributed by atoms with E-state index >= 15 is 0 Å². The number of methoxy groups -OCH3 is 1. The fourth-order valence-electron chi connectivity index (χ4n) is 1.98. The first-order valence-electron chi connectivity index (χ1n) is 7.47. The molecule has 1 N–H and O–H groups in total. The lowest BCUT2D eigenvalue weighted by molar-refractivity contribution is -0.141. The first-order chi connectivity index (χ1) is 12.4. The summed E-state index contributed by atoms with van der Waals surface area (Å²) in [5.41, 5.74) is 0.564. The number of hydrogen-bond acceptors (Lipinski definition) is 5. The van der Waals surface area contributed by atoms with Gasteiger partial charge in [-0.1, -0.05) is 23.2 Å². The molecule has 0 saturated carbocycles. The third-order valence-electron chi connectivity index (χ3n) is 3.35. The van der Waals surface area contributed by atoms with E-state index in [2.05, 4.69) is 5.32 Å². The van der Waals surface area contributed by atoms with Crippen LogP contribution in [0.2, 0.25) is 10.0 Å². The fourth-order valence-corrected chi connectivity index (χ4v) is 2.47. The molecule has 0 unspecified atom stereocenters. The second-order valence-electron chi connectivity index (χ2n) is 5.12. The van der Waals surface area contributed by atoms with Crippen LogP contribution >= 0.6 is 23.2 Å². The summed E-state index contributed by atoms with van der Waals surface area (Å²) in [5, 5.41) is 2.93. The summed E-state index contributed by atoms with van der Waals surface area (Å²) in [5.74, 6) is -1.05. The van der Waals surface area contributed by atoms with Crippen molar-refractivity contribution in [2.45, 2.75) is 0 Å². The van der Waals surface area contributed by atoms with Crippen LogP contribution in [0.1, 0.15) is 20.7 Å². The summed E-state index contributed by atoms with van der Waals surface area (Å²) >= 11 is 11.7. The maximum absolute atomic E-state index is 12.0. The SMILES string of the molecule is COc1ccc(C(=O)COC(=O)CNC(=O)c2ccc(Cl)cc2Cl)cc1. The molecular weight excluding hydrogens is 381 g/mol. The van der Waals surface area contributed by atoms with E-state index in [1.165, 1.54) is 25.3 Å². The summed E-state index contributed by atoms with van der Waals surface area (Å²) in [6, 6.07) is 10.8. The average molecular weight is 396 g/mol. The van der Waals surface area contributed by atoms with Gasteiger partial charge in [-0.15, -0.1) is 0 Å². The van der Waals surface area contributed by atoms with E-state index in [9.17, 15) is 14.4 Å². The van der Waals surface area contributed by atoms with Crippen LogP contribution in [-0.2, 0) is 9.53 Å². The van der Waals surface area contributed by atoms with Gasteiger partial charge in [0.15, 0.2) is 12.4 Å². The van der Waals surface area contributed by atoms with E-state index < -0.39 is 25.0 Å². The molecule has 2 aromatic carbocycles. The minimum Gasteiger partial charge on any atom is -0.497 e. The lowest BCUT2D eigenvalue weighted by atomic mass is 10.1. The minimum absolute atomic E-state index is 0.165. The van der Waals surface area contributed by atoms with Gasteiger partial charge < -0.3 is 14.8 Å². The Kier molecular flexibility index (Phi) is 7.00. The highest BCUT2D eigenvalue weighted by atomic mass is 35.5. The molecule has 0 saturated heterocycles. The number of hydrogen-bond donors (Lipinski definition) is 1. The predicted molar refractivity (Wildman–Crippen MR) is 97.1 cm³/mol. The monoisotopic (exact) mass is 395 g/mol. The van der Waals surface area contributed by atoms with Crippen molar-refractivity contribution in [2.24, 2.45) is 0 Å². The van der Waals surface area contributed by atoms with Crippen molar-refractivity contribution in [1.82, 2.24) is 5.32 Å². The molecule has 26 heavy (non-hydrogen) atoms. The highest BCUT2D eigenvalue weighted by Crippen LogP contribution is 2.20. The zero-order chi connectivity index (χ0) is 19.1. The van der Waals surface area contributed by atoms with Gasteiger partial charge in [0.2, 0.25) is 0 Å².